The summed E-state index contributed by atoms with van der Waals surface area (Å²) >= 11 is 0. The number of fused-ring (bicyclic) bond motifs is 3. The third-order valence-corrected chi connectivity index (χ3v) is 13.6. The fourth-order valence-electron chi connectivity index (χ4n) is 9.67. The molecule has 1 amide bonds. The van der Waals surface area contributed by atoms with Crippen LogP contribution in [0, 0.1) is 30.6 Å². The summed E-state index contributed by atoms with van der Waals surface area (Å²) in [5.41, 5.74) is 0.998. The zero-order valence-corrected chi connectivity index (χ0v) is 37.9. The summed E-state index contributed by atoms with van der Waals surface area (Å²) < 4.78 is 24.1. The summed E-state index contributed by atoms with van der Waals surface area (Å²) in [6, 6.07) is 10.1. The highest BCUT2D eigenvalue weighted by atomic mass is 16.7. The largest absolute Gasteiger partial charge is 0.507 e. The van der Waals surface area contributed by atoms with Gasteiger partial charge in [0.15, 0.2) is 0 Å². The van der Waals surface area contributed by atoms with E-state index in [0.29, 0.717) is 26.1 Å². The van der Waals surface area contributed by atoms with Gasteiger partial charge >= 0.3 is 11.8 Å². The standard InChI is InChI=1S/C49H60N4O11/c1-25-14-13-15-26(2)47(60)51-39-38-37(52-49(23-50-38)19-20-53(24-49)22-32-16-11-10-12-17-32)34-35(43(39)58)42(57)30(6)45-36(34)46(59)48(8,64-45)62-21-18-33(61-9)27(3)44(63-31(7)54)29(5)41(56)28(4)40(25)55/h10-18,21,25,27-29,33,40-41,44,50,55-57H,19-20,22-24H2,1-9H3,(H,51,60)/b14-13+,21-18+,26-15-/t25-,27+,28+,29+,33-,40-,41+,44+,48-,49?/m0/s1. The Bertz CT molecular complexity index is 2370. The van der Waals surface area contributed by atoms with Gasteiger partial charge in [0.05, 0.1) is 52.6 Å². The molecular formula is C49H60N4O11. The number of phenols is 1. The van der Waals surface area contributed by atoms with Crippen LogP contribution in [-0.4, -0.2) is 112 Å². The van der Waals surface area contributed by atoms with Crippen molar-refractivity contribution in [1.82, 2.24) is 15.5 Å². The van der Waals surface area contributed by atoms with E-state index in [2.05, 4.69) is 27.7 Å². The van der Waals surface area contributed by atoms with E-state index in [1.54, 1.807) is 58.9 Å². The van der Waals surface area contributed by atoms with Crippen molar-refractivity contribution in [3.8, 4) is 11.5 Å². The second-order valence-corrected chi connectivity index (χ2v) is 18.2. The average Bonchev–Trinajstić information content (AvgIpc) is 3.78. The Morgan fingerprint density at radius 2 is 1.69 bits per heavy atom. The van der Waals surface area contributed by atoms with Crippen LogP contribution in [0.3, 0.4) is 0 Å². The molecule has 5 aliphatic rings. The maximum Gasteiger partial charge on any atom is 0.312 e. The fourth-order valence-corrected chi connectivity index (χ4v) is 9.67. The molecule has 0 aromatic heterocycles. The fraction of sp³-hybridized carbons (Fsp3) is 0.490. The molecule has 0 radical (unpaired) electrons. The maximum atomic E-state index is 14.8. The van der Waals surface area contributed by atoms with E-state index in [9.17, 15) is 34.5 Å². The van der Waals surface area contributed by atoms with Crippen LogP contribution in [-0.2, 0) is 30.3 Å². The number of amides is 1. The number of ketones is 2. The second kappa shape index (κ2) is 18.1. The molecular weight excluding hydrogens is 821 g/mol. The number of benzene rings is 2. The molecule has 5 N–H and O–H groups in total. The topological polar surface area (TPSA) is 206 Å². The first-order valence-corrected chi connectivity index (χ1v) is 21.9. The number of hydrogen-bond donors (Lipinski definition) is 5. The highest BCUT2D eigenvalue weighted by Crippen LogP contribution is 2.49. The summed E-state index contributed by atoms with van der Waals surface area (Å²) in [7, 11) is 1.46. The number of ether oxygens (including phenoxy) is 4. The molecule has 4 heterocycles. The van der Waals surface area contributed by atoms with Gasteiger partial charge in [-0.05, 0) is 31.9 Å². The lowest BCUT2D eigenvalue weighted by Gasteiger charge is -2.38. The predicted octanol–water partition coefficient (Wildman–Crippen LogP) is 4.81. The highest BCUT2D eigenvalue weighted by molar-refractivity contribution is 6.34. The van der Waals surface area contributed by atoms with E-state index in [1.165, 1.54) is 34.1 Å². The van der Waals surface area contributed by atoms with Crippen LogP contribution in [0.15, 0.2) is 82.9 Å². The van der Waals surface area contributed by atoms with Crippen LogP contribution >= 0.6 is 0 Å². The molecule has 342 valence electrons. The number of rotatable bonds is 4. The second-order valence-electron chi connectivity index (χ2n) is 18.2. The number of hydrogen-bond acceptors (Lipinski definition) is 14. The van der Waals surface area contributed by atoms with Crippen LogP contribution < -0.4 is 15.4 Å². The van der Waals surface area contributed by atoms with Crippen LogP contribution in [0.1, 0.15) is 92.3 Å². The smallest absolute Gasteiger partial charge is 0.312 e. The number of phenolic OH excluding ortho intramolecular Hbond substituents is 1. The summed E-state index contributed by atoms with van der Waals surface area (Å²) in [5, 5.41) is 41.1. The number of aromatic hydroxyl groups is 1. The van der Waals surface area contributed by atoms with Gasteiger partial charge < -0.3 is 44.9 Å². The molecule has 1 saturated heterocycles. The number of methoxy groups -OCH3 is 1. The minimum absolute atomic E-state index is 0.00431. The third-order valence-electron chi connectivity index (χ3n) is 13.6. The van der Waals surface area contributed by atoms with Gasteiger partial charge in [-0.1, -0.05) is 76.3 Å². The van der Waals surface area contributed by atoms with Crippen molar-refractivity contribution in [2.24, 2.45) is 28.7 Å². The van der Waals surface area contributed by atoms with E-state index in [4.69, 9.17) is 23.9 Å². The molecule has 5 bridgehead atoms. The van der Waals surface area contributed by atoms with Crippen molar-refractivity contribution in [3.63, 3.8) is 0 Å². The molecule has 1 unspecified atom stereocenters. The SMILES string of the molecule is CO[C@H]1/C=C/O[C@@]2(C)Oc3c(C)c(O)c4c(c3C2=O)C2=NC3(CCN(Cc5ccccc5)C3)CNC2=C(NC(=O)/C(C)=C\C=C\[C@H](C)[C@H](O)[C@@H](C)[C@@H](O)[C@@H](C)[C@H](OC(C)=O)[C@@H]1C)C4=O. The number of aliphatic imine (C=N–C) groups is 1. The van der Waals surface area contributed by atoms with Crippen LogP contribution in [0.2, 0.25) is 0 Å². The molecule has 1 fully saturated rings. The Balaban J connectivity index is 1.36. The van der Waals surface area contributed by atoms with Crippen molar-refractivity contribution in [2.45, 2.75) is 104 Å². The van der Waals surface area contributed by atoms with E-state index < -0.39 is 88.6 Å². The molecule has 1 aliphatic carbocycles. The zero-order chi connectivity index (χ0) is 46.4. The summed E-state index contributed by atoms with van der Waals surface area (Å²) in [6.07, 6.45) is 4.51. The molecule has 2 aromatic carbocycles. The molecule has 15 heteroatoms. The number of aliphatic hydroxyl groups excluding tert-OH is 2. The predicted molar refractivity (Wildman–Crippen MR) is 237 cm³/mol. The lowest BCUT2D eigenvalue weighted by molar-refractivity contribution is -0.160. The number of carbonyl (C=O) groups is 4. The van der Waals surface area contributed by atoms with E-state index in [-0.39, 0.29) is 50.7 Å². The maximum absolute atomic E-state index is 14.8. The molecule has 64 heavy (non-hydrogen) atoms. The van der Waals surface area contributed by atoms with Gasteiger partial charge in [0.25, 0.3) is 11.7 Å². The Morgan fingerprint density at radius 1 is 0.969 bits per heavy atom. The van der Waals surface area contributed by atoms with Gasteiger partial charge in [-0.2, -0.15) is 0 Å². The minimum atomic E-state index is -1.99. The van der Waals surface area contributed by atoms with E-state index >= 15 is 0 Å². The number of nitrogens with one attached hydrogen (secondary N) is 2. The van der Waals surface area contributed by atoms with Crippen LogP contribution in [0.25, 0.3) is 0 Å². The summed E-state index contributed by atoms with van der Waals surface area (Å²) in [4.78, 5) is 63.6. The van der Waals surface area contributed by atoms with Crippen LogP contribution in [0.5, 0.6) is 11.5 Å². The molecule has 7 rings (SSSR count). The number of nitrogens with zero attached hydrogens (tertiary/aromatic N) is 2. The van der Waals surface area contributed by atoms with E-state index in [1.807, 2.05) is 18.2 Å². The molecule has 15 nitrogen and oxygen atoms in total. The number of likely N-dealkylation sites (tertiary alicyclic amines) is 1. The van der Waals surface area contributed by atoms with Gasteiger partial charge in [-0.25, -0.2) is 0 Å². The molecule has 10 atom stereocenters. The lowest BCUT2D eigenvalue weighted by atomic mass is 9.78. The molecule has 2 aromatic rings. The quantitative estimate of drug-likeness (QED) is 0.262. The van der Waals surface area contributed by atoms with Crippen molar-refractivity contribution >= 4 is 29.2 Å². The monoisotopic (exact) mass is 880 g/mol. The van der Waals surface area contributed by atoms with Gasteiger partial charge in [0.1, 0.15) is 23.3 Å². The molecule has 1 spiro atoms. The van der Waals surface area contributed by atoms with Crippen molar-refractivity contribution in [2.75, 3.05) is 26.7 Å². The Labute approximate surface area is 373 Å². The zero-order valence-electron chi connectivity index (χ0n) is 37.9. The van der Waals surface area contributed by atoms with Gasteiger partial charge in [-0.15, -0.1) is 0 Å². The first-order valence-electron chi connectivity index (χ1n) is 21.9. The first kappa shape index (κ1) is 46.4. The number of carbonyl (C=O) groups excluding carboxylic acids is 4. The third kappa shape index (κ3) is 8.53. The van der Waals surface area contributed by atoms with Gasteiger partial charge in [0, 0.05) is 87.5 Å². The Morgan fingerprint density at radius 3 is 2.38 bits per heavy atom. The van der Waals surface area contributed by atoms with Gasteiger partial charge in [0.2, 0.25) is 5.78 Å². The summed E-state index contributed by atoms with van der Waals surface area (Å²) in [6.45, 7) is 15.1. The number of allylic oxidation sites excluding steroid dienone is 4. The van der Waals surface area contributed by atoms with Crippen LogP contribution in [0.4, 0.5) is 0 Å². The van der Waals surface area contributed by atoms with Crippen molar-refractivity contribution < 1.29 is 53.4 Å². The Hall–Kier alpha value is -5.61. The van der Waals surface area contributed by atoms with E-state index in [0.717, 1.165) is 12.1 Å². The normalized spacial score (nSPS) is 34.1. The lowest BCUT2D eigenvalue weighted by Crippen LogP contribution is -2.51. The number of Topliss-reactive ketones (excluding diaryl/α,β-unsaturated/α-hetero) is 2. The van der Waals surface area contributed by atoms with Gasteiger partial charge in [-0.3, -0.25) is 29.1 Å². The average molecular weight is 881 g/mol. The minimum Gasteiger partial charge on any atom is -0.507 e. The number of esters is 1. The molecule has 4 aliphatic heterocycles. The number of aliphatic hydroxyl groups is 2. The van der Waals surface area contributed by atoms with Crippen molar-refractivity contribution in [3.05, 3.63) is 106 Å². The Kier molecular flexibility index (Phi) is 13.1. The summed E-state index contributed by atoms with van der Waals surface area (Å²) in [5.74, 6) is -7.35. The van der Waals surface area contributed by atoms with Crippen molar-refractivity contribution in [1.29, 1.82) is 0 Å². The molecule has 0 saturated carbocycles. The highest BCUT2D eigenvalue weighted by Gasteiger charge is 2.54. The first-order chi connectivity index (χ1) is 30.3.